The number of dihydropyridines is 1. The number of carbonyl (C=O) groups is 3. The number of rotatable bonds is 4. The molecule has 1 amide bonds. The molecule has 0 radical (unpaired) electrons. The Morgan fingerprint density at radius 1 is 1.13 bits per heavy atom. The van der Waals surface area contributed by atoms with Gasteiger partial charge in [0.05, 0.1) is 29.9 Å². The second kappa shape index (κ2) is 8.10. The molecule has 158 valence electrons. The summed E-state index contributed by atoms with van der Waals surface area (Å²) >= 11 is 0. The lowest BCUT2D eigenvalue weighted by Crippen LogP contribution is -2.30. The third kappa shape index (κ3) is 3.70. The second-order valence-corrected chi connectivity index (χ2v) is 7.47. The predicted octanol–water partition coefficient (Wildman–Crippen LogP) is 3.19. The highest BCUT2D eigenvalue weighted by Gasteiger charge is 2.42. The largest absolute Gasteiger partial charge is 0.466 e. The van der Waals surface area contributed by atoms with E-state index in [-0.39, 0.29) is 12.5 Å². The van der Waals surface area contributed by atoms with Gasteiger partial charge in [-0.05, 0) is 37.6 Å². The predicted molar refractivity (Wildman–Crippen MR) is 114 cm³/mol. The van der Waals surface area contributed by atoms with Crippen LogP contribution in [-0.4, -0.2) is 31.6 Å². The number of methoxy groups -OCH3 is 1. The molecule has 0 saturated carbocycles. The number of benzene rings is 2. The van der Waals surface area contributed by atoms with E-state index < -0.39 is 17.9 Å². The first-order valence-corrected chi connectivity index (χ1v) is 9.84. The van der Waals surface area contributed by atoms with Crippen molar-refractivity contribution >= 4 is 23.5 Å². The average Bonchev–Trinajstić information content (AvgIpc) is 3.13. The molecule has 2 aromatic rings. The van der Waals surface area contributed by atoms with Crippen molar-refractivity contribution in [1.82, 2.24) is 5.32 Å². The van der Waals surface area contributed by atoms with Crippen LogP contribution >= 0.6 is 0 Å². The normalized spacial score (nSPS) is 17.6. The van der Waals surface area contributed by atoms with Crippen molar-refractivity contribution in [3.05, 3.63) is 87.8 Å². The summed E-state index contributed by atoms with van der Waals surface area (Å²) < 4.78 is 10.2. The molecule has 0 aliphatic carbocycles. The van der Waals surface area contributed by atoms with Crippen LogP contribution in [0.4, 0.5) is 5.69 Å². The number of para-hydroxylation sites is 1. The number of nitrogens with one attached hydrogen (secondary N) is 2. The summed E-state index contributed by atoms with van der Waals surface area (Å²) in [7, 11) is 1.29. The van der Waals surface area contributed by atoms with E-state index in [2.05, 4.69) is 10.6 Å². The van der Waals surface area contributed by atoms with E-state index in [1.54, 1.807) is 43.3 Å². The van der Waals surface area contributed by atoms with Crippen LogP contribution in [-0.2, 0) is 19.1 Å². The number of hydrogen-bond acceptors (Lipinski definition) is 6. The van der Waals surface area contributed by atoms with Crippen molar-refractivity contribution in [2.45, 2.75) is 19.8 Å². The zero-order chi connectivity index (χ0) is 22.1. The number of hydrogen-bond donors (Lipinski definition) is 2. The fraction of sp³-hybridized carbons (Fsp3) is 0.208. The van der Waals surface area contributed by atoms with Gasteiger partial charge in [0.25, 0.3) is 5.91 Å². The van der Waals surface area contributed by atoms with Gasteiger partial charge in [-0.25, -0.2) is 9.59 Å². The van der Waals surface area contributed by atoms with E-state index in [0.717, 1.165) is 5.56 Å². The van der Waals surface area contributed by atoms with Gasteiger partial charge in [0.15, 0.2) is 0 Å². The van der Waals surface area contributed by atoms with E-state index in [9.17, 15) is 14.4 Å². The van der Waals surface area contributed by atoms with Crippen LogP contribution in [0.3, 0.4) is 0 Å². The van der Waals surface area contributed by atoms with Crippen molar-refractivity contribution in [2.75, 3.05) is 19.0 Å². The fourth-order valence-electron chi connectivity index (χ4n) is 4.00. The Kier molecular flexibility index (Phi) is 5.33. The average molecular weight is 418 g/mol. The van der Waals surface area contributed by atoms with E-state index in [0.29, 0.717) is 39.4 Å². The Hall–Kier alpha value is -3.87. The van der Waals surface area contributed by atoms with Gasteiger partial charge in [0.2, 0.25) is 0 Å². The Balaban J connectivity index is 1.80. The molecule has 2 aliphatic heterocycles. The maximum absolute atomic E-state index is 12.9. The number of carbonyl (C=O) groups excluding carboxylic acids is 3. The van der Waals surface area contributed by atoms with E-state index in [1.807, 2.05) is 19.1 Å². The number of amides is 1. The van der Waals surface area contributed by atoms with Crippen molar-refractivity contribution < 1.29 is 23.9 Å². The topological polar surface area (TPSA) is 93.7 Å². The molecule has 31 heavy (non-hydrogen) atoms. The fourth-order valence-corrected chi connectivity index (χ4v) is 4.00. The second-order valence-electron chi connectivity index (χ2n) is 7.47. The highest BCUT2D eigenvalue weighted by atomic mass is 16.5. The number of allylic oxidation sites excluding steroid dienone is 1. The summed E-state index contributed by atoms with van der Waals surface area (Å²) in [5.41, 5.74) is 4.43. The zero-order valence-corrected chi connectivity index (χ0v) is 17.4. The standard InChI is InChI=1S/C24H22N2O5/c1-13-7-6-8-15(11-13)22(27)26-17-10-5-4-9-16(17)20-19(23(28)30-3)14(2)25-18-12-31-24(29)21(18)20/h4-11,20,25H,12H2,1-3H3,(H,26,27). The molecule has 0 saturated heterocycles. The number of esters is 2. The third-order valence-electron chi connectivity index (χ3n) is 5.42. The van der Waals surface area contributed by atoms with Gasteiger partial charge in [-0.2, -0.15) is 0 Å². The van der Waals surface area contributed by atoms with Crippen LogP contribution in [0.2, 0.25) is 0 Å². The molecule has 0 spiro atoms. The van der Waals surface area contributed by atoms with Crippen LogP contribution < -0.4 is 10.6 Å². The van der Waals surface area contributed by atoms with E-state index >= 15 is 0 Å². The molecule has 0 aromatic heterocycles. The maximum atomic E-state index is 12.9. The molecule has 4 rings (SSSR count). The quantitative estimate of drug-likeness (QED) is 0.741. The smallest absolute Gasteiger partial charge is 0.337 e. The minimum Gasteiger partial charge on any atom is -0.466 e. The summed E-state index contributed by atoms with van der Waals surface area (Å²) in [4.78, 5) is 38.1. The molecular formula is C24H22N2O5. The molecule has 1 unspecified atom stereocenters. The number of aryl methyl sites for hydroxylation is 1. The minimum absolute atomic E-state index is 0.105. The summed E-state index contributed by atoms with van der Waals surface area (Å²) in [5.74, 6) is -2.07. The lowest BCUT2D eigenvalue weighted by Gasteiger charge is -2.28. The first-order chi connectivity index (χ1) is 14.9. The van der Waals surface area contributed by atoms with Gasteiger partial charge in [0.1, 0.15) is 6.61 Å². The van der Waals surface area contributed by atoms with Crippen molar-refractivity contribution in [2.24, 2.45) is 0 Å². The lowest BCUT2D eigenvalue weighted by molar-refractivity contribution is -0.136. The molecule has 1 atom stereocenters. The third-order valence-corrected chi connectivity index (χ3v) is 5.42. The molecule has 2 heterocycles. The van der Waals surface area contributed by atoms with Gasteiger partial charge in [-0.3, -0.25) is 4.79 Å². The van der Waals surface area contributed by atoms with Crippen LogP contribution in [0.1, 0.15) is 34.3 Å². The van der Waals surface area contributed by atoms with Crippen LogP contribution in [0.5, 0.6) is 0 Å². The first kappa shape index (κ1) is 20.4. The Morgan fingerprint density at radius 2 is 1.90 bits per heavy atom. The molecule has 2 aromatic carbocycles. The van der Waals surface area contributed by atoms with Gasteiger partial charge in [-0.1, -0.05) is 35.9 Å². The van der Waals surface area contributed by atoms with Crippen molar-refractivity contribution in [3.8, 4) is 0 Å². The highest BCUT2D eigenvalue weighted by Crippen LogP contribution is 2.43. The molecule has 2 N–H and O–H groups in total. The lowest BCUT2D eigenvalue weighted by atomic mass is 9.80. The first-order valence-electron chi connectivity index (χ1n) is 9.84. The van der Waals surface area contributed by atoms with Gasteiger partial charge in [-0.15, -0.1) is 0 Å². The summed E-state index contributed by atoms with van der Waals surface area (Å²) in [6.07, 6.45) is 0. The molecule has 2 aliphatic rings. The zero-order valence-electron chi connectivity index (χ0n) is 17.4. The minimum atomic E-state index is -0.729. The van der Waals surface area contributed by atoms with Gasteiger partial charge < -0.3 is 20.1 Å². The summed E-state index contributed by atoms with van der Waals surface area (Å²) in [6.45, 7) is 3.77. The summed E-state index contributed by atoms with van der Waals surface area (Å²) in [5, 5.41) is 6.02. The Bertz CT molecular complexity index is 1160. The monoisotopic (exact) mass is 418 g/mol. The number of cyclic esters (lactones) is 1. The van der Waals surface area contributed by atoms with Crippen LogP contribution in [0.25, 0.3) is 0 Å². The Labute approximate surface area is 179 Å². The molecule has 7 heteroatoms. The number of anilines is 1. The van der Waals surface area contributed by atoms with E-state index in [1.165, 1.54) is 7.11 Å². The van der Waals surface area contributed by atoms with Gasteiger partial charge >= 0.3 is 11.9 Å². The van der Waals surface area contributed by atoms with Gasteiger partial charge in [0, 0.05) is 16.9 Å². The van der Waals surface area contributed by atoms with E-state index in [4.69, 9.17) is 9.47 Å². The maximum Gasteiger partial charge on any atom is 0.337 e. The molecular weight excluding hydrogens is 396 g/mol. The molecule has 0 bridgehead atoms. The molecule has 0 fully saturated rings. The van der Waals surface area contributed by atoms with Crippen molar-refractivity contribution in [3.63, 3.8) is 0 Å². The van der Waals surface area contributed by atoms with Crippen LogP contribution in [0.15, 0.2) is 71.1 Å². The Morgan fingerprint density at radius 3 is 2.65 bits per heavy atom. The molecule has 7 nitrogen and oxygen atoms in total. The summed E-state index contributed by atoms with van der Waals surface area (Å²) in [6, 6.07) is 14.4. The highest BCUT2D eigenvalue weighted by molar-refractivity contribution is 6.06. The SMILES string of the molecule is COC(=O)C1=C(C)NC2=C(C(=O)OC2)C1c1ccccc1NC(=O)c1cccc(C)c1. The number of ether oxygens (including phenoxy) is 2. The van der Waals surface area contributed by atoms with Crippen LogP contribution in [0, 0.1) is 6.92 Å². The van der Waals surface area contributed by atoms with Crippen molar-refractivity contribution in [1.29, 1.82) is 0 Å².